The van der Waals surface area contributed by atoms with E-state index < -0.39 is 0 Å². The van der Waals surface area contributed by atoms with Crippen LogP contribution in [0.4, 0.5) is 0 Å². The zero-order valence-corrected chi connectivity index (χ0v) is 11.2. The molecule has 0 fully saturated rings. The third kappa shape index (κ3) is 3.14. The first-order valence-corrected chi connectivity index (χ1v) is 6.63. The summed E-state index contributed by atoms with van der Waals surface area (Å²) >= 11 is 1.58. The lowest BCUT2D eigenvalue weighted by Crippen LogP contribution is -2.24. The molecule has 0 radical (unpaired) electrons. The highest BCUT2D eigenvalue weighted by Gasteiger charge is 2.10. The third-order valence-corrected chi connectivity index (χ3v) is 3.36. The number of hydrogen-bond donors (Lipinski definition) is 1. The first-order chi connectivity index (χ1) is 8.16. The summed E-state index contributed by atoms with van der Waals surface area (Å²) in [4.78, 5) is 9.56. The Morgan fingerprint density at radius 3 is 2.88 bits per heavy atom. The molecule has 2 rings (SSSR count). The fourth-order valence-corrected chi connectivity index (χ4v) is 2.29. The molecule has 0 saturated heterocycles. The van der Waals surface area contributed by atoms with Crippen LogP contribution >= 0.6 is 11.3 Å². The van der Waals surface area contributed by atoms with Crippen molar-refractivity contribution in [3.8, 4) is 10.6 Å². The molecule has 0 bridgehead atoms. The van der Waals surface area contributed by atoms with Crippen molar-refractivity contribution in [1.82, 2.24) is 15.3 Å². The van der Waals surface area contributed by atoms with Gasteiger partial charge < -0.3 is 9.73 Å². The molecule has 0 aliphatic heterocycles. The van der Waals surface area contributed by atoms with Crippen molar-refractivity contribution in [1.29, 1.82) is 0 Å². The van der Waals surface area contributed by atoms with Crippen LogP contribution < -0.4 is 5.32 Å². The Kier molecular flexibility index (Phi) is 3.91. The van der Waals surface area contributed by atoms with E-state index in [0.717, 1.165) is 35.2 Å². The quantitative estimate of drug-likeness (QED) is 0.887. The predicted octanol–water partition coefficient (Wildman–Crippen LogP) is 2.65. The van der Waals surface area contributed by atoms with Gasteiger partial charge in [-0.05, 0) is 6.92 Å². The van der Waals surface area contributed by atoms with Crippen molar-refractivity contribution in [2.24, 2.45) is 0 Å². The maximum Gasteiger partial charge on any atom is 0.196 e. The number of thiazole rings is 1. The van der Waals surface area contributed by atoms with Gasteiger partial charge in [0, 0.05) is 19.0 Å². The van der Waals surface area contributed by atoms with Gasteiger partial charge in [-0.25, -0.2) is 9.97 Å². The number of hydrogen-bond acceptors (Lipinski definition) is 5. The predicted molar refractivity (Wildman–Crippen MR) is 69.2 cm³/mol. The van der Waals surface area contributed by atoms with E-state index in [2.05, 4.69) is 29.1 Å². The average molecular weight is 251 g/mol. The summed E-state index contributed by atoms with van der Waals surface area (Å²) in [7, 11) is 0. The standard InChI is InChI=1S/C12H17N3OS/c1-8(2)13-5-4-11-14-6-10(16-11)12-9(3)15-7-17-12/h6-8,13H,4-5H2,1-3H3. The van der Waals surface area contributed by atoms with Crippen LogP contribution in [0.25, 0.3) is 10.6 Å². The number of rotatable bonds is 5. The van der Waals surface area contributed by atoms with Crippen molar-refractivity contribution in [3.05, 3.63) is 23.3 Å². The molecule has 4 nitrogen and oxygen atoms in total. The molecule has 0 unspecified atom stereocenters. The molecule has 5 heteroatoms. The van der Waals surface area contributed by atoms with Gasteiger partial charge in [0.25, 0.3) is 0 Å². The number of aryl methyl sites for hydroxylation is 1. The van der Waals surface area contributed by atoms with Crippen molar-refractivity contribution < 1.29 is 4.42 Å². The second-order valence-electron chi connectivity index (χ2n) is 4.24. The topological polar surface area (TPSA) is 51.0 Å². The third-order valence-electron chi connectivity index (χ3n) is 2.41. The lowest BCUT2D eigenvalue weighted by Gasteiger charge is -2.05. The molecule has 0 amide bonds. The van der Waals surface area contributed by atoms with Crippen molar-refractivity contribution in [2.75, 3.05) is 6.54 Å². The lowest BCUT2D eigenvalue weighted by molar-refractivity contribution is 0.485. The normalized spacial score (nSPS) is 11.3. The van der Waals surface area contributed by atoms with E-state index in [1.807, 2.05) is 12.4 Å². The van der Waals surface area contributed by atoms with E-state index in [1.165, 1.54) is 0 Å². The molecular formula is C12H17N3OS. The van der Waals surface area contributed by atoms with Gasteiger partial charge in [0.2, 0.25) is 0 Å². The summed E-state index contributed by atoms with van der Waals surface area (Å²) in [5.74, 6) is 1.60. The first-order valence-electron chi connectivity index (χ1n) is 5.75. The molecule has 0 spiro atoms. The van der Waals surface area contributed by atoms with Gasteiger partial charge in [0.05, 0.1) is 22.3 Å². The van der Waals surface area contributed by atoms with Crippen LogP contribution in [0.5, 0.6) is 0 Å². The minimum atomic E-state index is 0.494. The van der Waals surface area contributed by atoms with Crippen molar-refractivity contribution in [3.63, 3.8) is 0 Å². The summed E-state index contributed by atoms with van der Waals surface area (Å²) in [6.07, 6.45) is 2.60. The summed E-state index contributed by atoms with van der Waals surface area (Å²) in [5, 5.41) is 3.34. The second kappa shape index (κ2) is 5.42. The minimum Gasteiger partial charge on any atom is -0.440 e. The zero-order valence-electron chi connectivity index (χ0n) is 10.4. The van der Waals surface area contributed by atoms with Gasteiger partial charge in [-0.3, -0.25) is 0 Å². The molecule has 17 heavy (non-hydrogen) atoms. The molecule has 0 atom stereocenters. The second-order valence-corrected chi connectivity index (χ2v) is 5.10. The Balaban J connectivity index is 1.99. The number of aromatic nitrogens is 2. The number of nitrogens with zero attached hydrogens (tertiary/aromatic N) is 2. The van der Waals surface area contributed by atoms with Crippen LogP contribution in [-0.4, -0.2) is 22.6 Å². The van der Waals surface area contributed by atoms with Crippen LogP contribution in [0.1, 0.15) is 25.4 Å². The minimum absolute atomic E-state index is 0.494. The summed E-state index contributed by atoms with van der Waals surface area (Å²) in [6, 6.07) is 0.494. The first kappa shape index (κ1) is 12.3. The van der Waals surface area contributed by atoms with Crippen molar-refractivity contribution in [2.45, 2.75) is 33.2 Å². The van der Waals surface area contributed by atoms with Crippen LogP contribution in [0.3, 0.4) is 0 Å². The van der Waals surface area contributed by atoms with E-state index in [1.54, 1.807) is 17.5 Å². The molecule has 2 heterocycles. The molecule has 0 aromatic carbocycles. The largest absolute Gasteiger partial charge is 0.440 e. The van der Waals surface area contributed by atoms with Crippen LogP contribution in [0, 0.1) is 6.92 Å². The summed E-state index contributed by atoms with van der Waals surface area (Å²) < 4.78 is 5.71. The molecule has 92 valence electrons. The molecule has 1 N–H and O–H groups in total. The van der Waals surface area contributed by atoms with Crippen molar-refractivity contribution >= 4 is 11.3 Å². The Morgan fingerprint density at radius 2 is 2.24 bits per heavy atom. The maximum absolute atomic E-state index is 5.71. The molecule has 2 aromatic heterocycles. The molecular weight excluding hydrogens is 234 g/mol. The van der Waals surface area contributed by atoms with Gasteiger partial charge in [-0.1, -0.05) is 13.8 Å². The smallest absolute Gasteiger partial charge is 0.196 e. The molecule has 0 saturated carbocycles. The Labute approximate surface area is 105 Å². The SMILES string of the molecule is Cc1ncsc1-c1cnc(CCNC(C)C)o1. The van der Waals surface area contributed by atoms with Gasteiger partial charge in [-0.15, -0.1) is 11.3 Å². The Bertz CT molecular complexity index is 476. The van der Waals surface area contributed by atoms with Gasteiger partial charge >= 0.3 is 0 Å². The monoisotopic (exact) mass is 251 g/mol. The van der Waals surface area contributed by atoms with Gasteiger partial charge in [0.1, 0.15) is 0 Å². The van der Waals surface area contributed by atoms with E-state index in [0.29, 0.717) is 6.04 Å². The maximum atomic E-state index is 5.71. The Hall–Kier alpha value is -1.20. The van der Waals surface area contributed by atoms with Crippen LogP contribution in [0.15, 0.2) is 16.1 Å². The number of nitrogens with one attached hydrogen (secondary N) is 1. The van der Waals surface area contributed by atoms with Crippen LogP contribution in [-0.2, 0) is 6.42 Å². The fourth-order valence-electron chi connectivity index (χ4n) is 1.54. The summed E-state index contributed by atoms with van der Waals surface area (Å²) in [5.41, 5.74) is 2.82. The molecule has 2 aromatic rings. The van der Waals surface area contributed by atoms with E-state index >= 15 is 0 Å². The molecule has 0 aliphatic rings. The average Bonchev–Trinajstić information content (AvgIpc) is 2.86. The fraction of sp³-hybridized carbons (Fsp3) is 0.500. The van der Waals surface area contributed by atoms with Gasteiger partial charge in [-0.2, -0.15) is 0 Å². The van der Waals surface area contributed by atoms with E-state index in [9.17, 15) is 0 Å². The van der Waals surface area contributed by atoms with Gasteiger partial charge in [0.15, 0.2) is 11.7 Å². The van der Waals surface area contributed by atoms with E-state index in [4.69, 9.17) is 4.42 Å². The van der Waals surface area contributed by atoms with E-state index in [-0.39, 0.29) is 0 Å². The van der Waals surface area contributed by atoms with Crippen LogP contribution in [0.2, 0.25) is 0 Å². The zero-order chi connectivity index (χ0) is 12.3. The highest BCUT2D eigenvalue weighted by Crippen LogP contribution is 2.27. The number of oxazole rings is 1. The summed E-state index contributed by atoms with van der Waals surface area (Å²) in [6.45, 7) is 7.12. The highest BCUT2D eigenvalue weighted by atomic mass is 32.1. The highest BCUT2D eigenvalue weighted by molar-refractivity contribution is 7.13. The molecule has 0 aliphatic carbocycles. The Morgan fingerprint density at radius 1 is 1.41 bits per heavy atom. The lowest BCUT2D eigenvalue weighted by atomic mass is 10.3.